The van der Waals surface area contributed by atoms with Gasteiger partial charge in [0.1, 0.15) is 17.7 Å². The third-order valence-electron chi connectivity index (χ3n) is 7.52. The molecule has 0 radical (unpaired) electrons. The molecule has 40 heavy (non-hydrogen) atoms. The lowest BCUT2D eigenvalue weighted by Crippen LogP contribution is -2.39. The highest BCUT2D eigenvalue weighted by atomic mass is 35.5. The summed E-state index contributed by atoms with van der Waals surface area (Å²) in [7, 11) is 0. The number of carbonyl (C=O) groups excluding carboxylic acids is 2. The third kappa shape index (κ3) is 7.20. The van der Waals surface area contributed by atoms with Gasteiger partial charge in [-0.2, -0.15) is 0 Å². The van der Waals surface area contributed by atoms with E-state index in [0.29, 0.717) is 33.4 Å². The Labute approximate surface area is 241 Å². The highest BCUT2D eigenvalue weighted by molar-refractivity contribution is 6.30. The molecule has 2 aromatic carbocycles. The number of nitrogens with one attached hydrogen (secondary N) is 2. The zero-order valence-electron chi connectivity index (χ0n) is 23.4. The van der Waals surface area contributed by atoms with Gasteiger partial charge in [-0.1, -0.05) is 50.6 Å². The zero-order valence-corrected chi connectivity index (χ0v) is 24.1. The Kier molecular flexibility index (Phi) is 8.43. The van der Waals surface area contributed by atoms with E-state index in [4.69, 9.17) is 16.3 Å². The molecule has 1 aliphatic heterocycles. The average Bonchev–Trinajstić information content (AvgIpc) is 3.75. The fraction of sp³-hybridized carbons (Fsp3) is 0.406. The number of para-hydroxylation sites is 1. The second-order valence-corrected chi connectivity index (χ2v) is 12.3. The molecule has 0 unspecified atom stereocenters. The topological polar surface area (TPSA) is 83.6 Å². The van der Waals surface area contributed by atoms with Gasteiger partial charge in [0.25, 0.3) is 11.8 Å². The van der Waals surface area contributed by atoms with Crippen molar-refractivity contribution in [2.75, 3.05) is 30.3 Å². The molecule has 2 heterocycles. The van der Waals surface area contributed by atoms with Gasteiger partial charge in [0.2, 0.25) is 0 Å². The number of pyridine rings is 1. The van der Waals surface area contributed by atoms with Gasteiger partial charge in [-0.25, -0.2) is 4.98 Å². The van der Waals surface area contributed by atoms with E-state index in [1.807, 2.05) is 18.2 Å². The molecule has 1 aliphatic carbocycles. The first-order valence-electron chi connectivity index (χ1n) is 14.0. The van der Waals surface area contributed by atoms with Crippen LogP contribution in [0.25, 0.3) is 0 Å². The number of carbonyl (C=O) groups is 2. The number of benzene rings is 2. The van der Waals surface area contributed by atoms with Gasteiger partial charge >= 0.3 is 0 Å². The van der Waals surface area contributed by atoms with E-state index < -0.39 is 0 Å². The van der Waals surface area contributed by atoms with Crippen LogP contribution in [0.5, 0.6) is 5.75 Å². The Bertz CT molecular complexity index is 1360. The van der Waals surface area contributed by atoms with Crippen LogP contribution >= 0.6 is 11.6 Å². The van der Waals surface area contributed by atoms with Gasteiger partial charge in [-0.05, 0) is 79.0 Å². The minimum Gasteiger partial charge on any atom is -0.489 e. The monoisotopic (exact) mass is 560 g/mol. The molecule has 1 saturated carbocycles. The summed E-state index contributed by atoms with van der Waals surface area (Å²) in [5.74, 6) is 1.11. The van der Waals surface area contributed by atoms with Crippen LogP contribution in [-0.4, -0.2) is 47.4 Å². The van der Waals surface area contributed by atoms with Crippen molar-refractivity contribution in [3.05, 3.63) is 82.5 Å². The first-order chi connectivity index (χ1) is 19.2. The van der Waals surface area contributed by atoms with Crippen LogP contribution in [0, 0.1) is 5.92 Å². The molecule has 3 aromatic rings. The van der Waals surface area contributed by atoms with Gasteiger partial charge < -0.3 is 20.3 Å². The zero-order chi connectivity index (χ0) is 28.3. The minimum absolute atomic E-state index is 0.0576. The van der Waals surface area contributed by atoms with Gasteiger partial charge in [0, 0.05) is 25.8 Å². The van der Waals surface area contributed by atoms with E-state index in [9.17, 15) is 9.59 Å². The summed E-state index contributed by atoms with van der Waals surface area (Å²) in [6, 6.07) is 16.0. The largest absolute Gasteiger partial charge is 0.489 e. The molecule has 2 amide bonds. The molecule has 1 aromatic heterocycles. The van der Waals surface area contributed by atoms with E-state index in [2.05, 4.69) is 41.3 Å². The van der Waals surface area contributed by atoms with Crippen LogP contribution in [-0.2, 0) is 5.41 Å². The molecular formula is C32H37ClN4O3. The summed E-state index contributed by atoms with van der Waals surface area (Å²) < 4.78 is 6.53. The van der Waals surface area contributed by atoms with E-state index in [-0.39, 0.29) is 23.3 Å². The van der Waals surface area contributed by atoms with Crippen LogP contribution in [0.1, 0.15) is 72.7 Å². The van der Waals surface area contributed by atoms with Crippen molar-refractivity contribution in [2.24, 2.45) is 5.92 Å². The molecule has 1 saturated heterocycles. The predicted molar refractivity (Wildman–Crippen MR) is 160 cm³/mol. The van der Waals surface area contributed by atoms with Crippen LogP contribution < -0.4 is 15.4 Å². The number of hydrogen-bond donors (Lipinski definition) is 2. The van der Waals surface area contributed by atoms with Gasteiger partial charge in [-0.15, -0.1) is 0 Å². The number of rotatable bonds is 8. The maximum absolute atomic E-state index is 13.6. The van der Waals surface area contributed by atoms with Crippen LogP contribution in [0.2, 0.25) is 5.02 Å². The van der Waals surface area contributed by atoms with Gasteiger partial charge in [-0.3, -0.25) is 9.59 Å². The Hall–Kier alpha value is -3.42. The molecule has 7 nitrogen and oxygen atoms in total. The lowest BCUT2D eigenvalue weighted by Gasteiger charge is -2.33. The summed E-state index contributed by atoms with van der Waals surface area (Å²) in [6.45, 7) is 9.67. The number of hydrogen-bond acceptors (Lipinski definition) is 5. The maximum atomic E-state index is 13.6. The number of likely N-dealkylation sites (tertiary alicyclic amines) is 1. The highest BCUT2D eigenvalue weighted by Crippen LogP contribution is 2.33. The first-order valence-corrected chi connectivity index (χ1v) is 14.4. The second kappa shape index (κ2) is 12.0. The van der Waals surface area contributed by atoms with E-state index in [1.54, 1.807) is 36.4 Å². The lowest BCUT2D eigenvalue weighted by molar-refractivity contribution is 0.0931. The van der Waals surface area contributed by atoms with E-state index in [0.717, 1.165) is 37.4 Å². The lowest BCUT2D eigenvalue weighted by atomic mass is 9.86. The minimum atomic E-state index is -0.386. The fourth-order valence-electron chi connectivity index (χ4n) is 4.94. The van der Waals surface area contributed by atoms with Crippen LogP contribution in [0.15, 0.2) is 60.8 Å². The molecule has 0 atom stereocenters. The van der Waals surface area contributed by atoms with Crippen molar-refractivity contribution >= 4 is 34.9 Å². The SMILES string of the molecule is CC(C)(C)c1ccc(C(=O)Nc2ccccc2C(=O)Nc2ccc(Cl)cn2)c(OC2CCN(CC3CC3)CC2)c1. The molecule has 0 spiro atoms. The fourth-order valence-corrected chi connectivity index (χ4v) is 5.05. The molecule has 2 N–H and O–H groups in total. The van der Waals surface area contributed by atoms with Crippen molar-refractivity contribution in [2.45, 2.75) is 58.0 Å². The molecular weight excluding hydrogens is 524 g/mol. The van der Waals surface area contributed by atoms with Crippen LogP contribution in [0.3, 0.4) is 0 Å². The Balaban J connectivity index is 1.33. The number of aromatic nitrogens is 1. The molecule has 8 heteroatoms. The summed E-state index contributed by atoms with van der Waals surface area (Å²) in [6.07, 6.45) is 6.12. The summed E-state index contributed by atoms with van der Waals surface area (Å²) in [5, 5.41) is 6.18. The van der Waals surface area contributed by atoms with E-state index >= 15 is 0 Å². The van der Waals surface area contributed by atoms with Crippen molar-refractivity contribution < 1.29 is 14.3 Å². The third-order valence-corrected chi connectivity index (χ3v) is 7.75. The number of ether oxygens (including phenoxy) is 1. The Morgan fingerprint density at radius 2 is 1.68 bits per heavy atom. The number of amides is 2. The maximum Gasteiger partial charge on any atom is 0.259 e. The summed E-state index contributed by atoms with van der Waals surface area (Å²) in [5.41, 5.74) is 2.17. The average molecular weight is 561 g/mol. The highest BCUT2D eigenvalue weighted by Gasteiger charge is 2.29. The van der Waals surface area contributed by atoms with Crippen molar-refractivity contribution in [1.29, 1.82) is 0 Å². The number of halogens is 1. The van der Waals surface area contributed by atoms with Crippen molar-refractivity contribution in [3.63, 3.8) is 0 Å². The van der Waals surface area contributed by atoms with Crippen molar-refractivity contribution in [3.8, 4) is 5.75 Å². The Morgan fingerprint density at radius 3 is 2.35 bits per heavy atom. The van der Waals surface area contributed by atoms with Crippen LogP contribution in [0.4, 0.5) is 11.5 Å². The quantitative estimate of drug-likeness (QED) is 0.317. The number of anilines is 2. The molecule has 2 fully saturated rings. The summed E-state index contributed by atoms with van der Waals surface area (Å²) in [4.78, 5) is 33.4. The predicted octanol–water partition coefficient (Wildman–Crippen LogP) is 6.79. The van der Waals surface area contributed by atoms with Crippen molar-refractivity contribution in [1.82, 2.24) is 9.88 Å². The second-order valence-electron chi connectivity index (χ2n) is 11.8. The number of piperidine rings is 1. The standard InChI is InChI=1S/C32H37ClN4O3/c1-32(2,3)22-10-12-26(28(18-22)40-24-14-16-37(17-15-24)20-21-8-9-21)31(39)35-27-7-5-4-6-25(27)30(38)36-29-13-11-23(33)19-34-29/h4-7,10-13,18-19,21,24H,8-9,14-17,20H2,1-3H3,(H,35,39)(H,34,36,38). The molecule has 2 aliphatic rings. The smallest absolute Gasteiger partial charge is 0.259 e. The van der Waals surface area contributed by atoms with E-state index in [1.165, 1.54) is 25.6 Å². The molecule has 210 valence electrons. The Morgan fingerprint density at radius 1 is 0.950 bits per heavy atom. The normalized spacial score (nSPS) is 16.4. The summed E-state index contributed by atoms with van der Waals surface area (Å²) >= 11 is 5.91. The van der Waals surface area contributed by atoms with Gasteiger partial charge in [0.05, 0.1) is 21.8 Å². The number of nitrogens with zero attached hydrogens (tertiary/aromatic N) is 2. The molecule has 5 rings (SSSR count). The van der Waals surface area contributed by atoms with Gasteiger partial charge in [0.15, 0.2) is 0 Å². The first kappa shape index (κ1) is 28.1. The molecule has 0 bridgehead atoms.